The molecule has 4 heteroatoms. The Bertz CT molecular complexity index is 238. The van der Waals surface area contributed by atoms with E-state index in [0.29, 0.717) is 0 Å². The maximum atomic E-state index is 4.95. The molecule has 80 valence electrons. The molecular weight excluding hydrogens is 178 g/mol. The van der Waals surface area contributed by atoms with Gasteiger partial charge in [-0.2, -0.15) is 0 Å². The molecule has 1 heterocycles. The van der Waals surface area contributed by atoms with E-state index in [1.165, 1.54) is 0 Å². The summed E-state index contributed by atoms with van der Waals surface area (Å²) in [6.45, 7) is 9.10. The van der Waals surface area contributed by atoms with Gasteiger partial charge in [-0.25, -0.2) is 0 Å². The summed E-state index contributed by atoms with van der Waals surface area (Å²) in [6, 6.07) is 1.87. The molecule has 0 aliphatic carbocycles. The van der Waals surface area contributed by atoms with Crippen LogP contribution in [0.15, 0.2) is 16.8 Å². The molecule has 14 heavy (non-hydrogen) atoms. The molecule has 0 fully saturated rings. The molecular formula is C10H19N3O. The molecule has 0 amide bonds. The fraction of sp³-hybridized carbons (Fsp3) is 0.700. The summed E-state index contributed by atoms with van der Waals surface area (Å²) < 4.78 is 4.95. The minimum atomic E-state index is 0.188. The highest BCUT2D eigenvalue weighted by molar-refractivity contribution is 4.91. The first-order chi connectivity index (χ1) is 6.58. The zero-order valence-electron chi connectivity index (χ0n) is 9.13. The smallest absolute Gasteiger partial charge is 0.150 e. The first kappa shape index (κ1) is 11.2. The molecule has 2 N–H and O–H groups in total. The molecule has 0 radical (unpaired) electrons. The Balaban J connectivity index is 2.00. The molecule has 1 aromatic heterocycles. The van der Waals surface area contributed by atoms with Gasteiger partial charge in [-0.05, 0) is 20.8 Å². The predicted molar refractivity (Wildman–Crippen MR) is 56.0 cm³/mol. The standard InChI is InChI=1S/C10H19N3O/c1-10(2,3)12-7-6-11-8-9-4-5-13-14-9/h4-5,11-12H,6-8H2,1-3H3. The topological polar surface area (TPSA) is 50.1 Å². The lowest BCUT2D eigenvalue weighted by Gasteiger charge is -2.20. The zero-order valence-corrected chi connectivity index (χ0v) is 9.13. The predicted octanol–water partition coefficient (Wildman–Crippen LogP) is 1.15. The van der Waals surface area contributed by atoms with Crippen LogP contribution >= 0.6 is 0 Å². The highest BCUT2D eigenvalue weighted by Crippen LogP contribution is 1.97. The van der Waals surface area contributed by atoms with Crippen molar-refractivity contribution in [2.45, 2.75) is 32.9 Å². The number of hydrogen-bond acceptors (Lipinski definition) is 4. The number of aromatic nitrogens is 1. The Hall–Kier alpha value is -0.870. The van der Waals surface area contributed by atoms with Crippen molar-refractivity contribution >= 4 is 0 Å². The highest BCUT2D eigenvalue weighted by atomic mass is 16.5. The number of rotatable bonds is 5. The van der Waals surface area contributed by atoms with Crippen LogP contribution in [0.25, 0.3) is 0 Å². The van der Waals surface area contributed by atoms with Crippen LogP contribution in [-0.4, -0.2) is 23.8 Å². The second kappa shape index (κ2) is 5.12. The summed E-state index contributed by atoms with van der Waals surface area (Å²) in [5.74, 6) is 0.876. The van der Waals surface area contributed by atoms with Gasteiger partial charge in [0.25, 0.3) is 0 Å². The quantitative estimate of drug-likeness (QED) is 0.695. The molecule has 4 nitrogen and oxygen atoms in total. The lowest BCUT2D eigenvalue weighted by Crippen LogP contribution is -2.40. The maximum absolute atomic E-state index is 4.95. The van der Waals surface area contributed by atoms with Gasteiger partial charge in [0.2, 0.25) is 0 Å². The second-order valence-electron chi connectivity index (χ2n) is 4.33. The van der Waals surface area contributed by atoms with Crippen LogP contribution in [0.1, 0.15) is 26.5 Å². The average molecular weight is 197 g/mol. The van der Waals surface area contributed by atoms with Gasteiger partial charge in [0, 0.05) is 24.7 Å². The van der Waals surface area contributed by atoms with Crippen molar-refractivity contribution in [1.82, 2.24) is 15.8 Å². The largest absolute Gasteiger partial charge is 0.360 e. The van der Waals surface area contributed by atoms with Crippen LogP contribution in [0, 0.1) is 0 Å². The van der Waals surface area contributed by atoms with Crippen LogP contribution in [0.3, 0.4) is 0 Å². The summed E-state index contributed by atoms with van der Waals surface area (Å²) in [5, 5.41) is 10.3. The van der Waals surface area contributed by atoms with Crippen LogP contribution in [-0.2, 0) is 6.54 Å². The van der Waals surface area contributed by atoms with Crippen molar-refractivity contribution in [3.63, 3.8) is 0 Å². The van der Waals surface area contributed by atoms with E-state index in [1.807, 2.05) is 6.07 Å². The van der Waals surface area contributed by atoms with Crippen molar-refractivity contribution in [2.24, 2.45) is 0 Å². The molecule has 0 atom stereocenters. The van der Waals surface area contributed by atoms with Crippen LogP contribution < -0.4 is 10.6 Å². The van der Waals surface area contributed by atoms with Gasteiger partial charge in [0.05, 0.1) is 12.7 Å². The molecule has 0 unspecified atom stereocenters. The molecule has 0 aliphatic rings. The first-order valence-corrected chi connectivity index (χ1v) is 4.93. The average Bonchev–Trinajstić information content (AvgIpc) is 2.54. The van der Waals surface area contributed by atoms with Crippen LogP contribution in [0.5, 0.6) is 0 Å². The van der Waals surface area contributed by atoms with Gasteiger partial charge in [0.1, 0.15) is 5.76 Å². The van der Waals surface area contributed by atoms with Gasteiger partial charge in [-0.1, -0.05) is 5.16 Å². The molecule has 0 spiro atoms. The lowest BCUT2D eigenvalue weighted by molar-refractivity contribution is 0.368. The molecule has 1 aromatic rings. The molecule has 0 bridgehead atoms. The number of nitrogens with zero attached hydrogens (tertiary/aromatic N) is 1. The van der Waals surface area contributed by atoms with Crippen LogP contribution in [0.2, 0.25) is 0 Å². The van der Waals surface area contributed by atoms with E-state index in [0.717, 1.165) is 25.4 Å². The van der Waals surface area contributed by atoms with E-state index in [2.05, 4.69) is 36.6 Å². The summed E-state index contributed by atoms with van der Waals surface area (Å²) in [7, 11) is 0. The molecule has 0 saturated heterocycles. The third kappa shape index (κ3) is 4.99. The Morgan fingerprint density at radius 3 is 2.71 bits per heavy atom. The number of nitrogens with one attached hydrogen (secondary N) is 2. The van der Waals surface area contributed by atoms with E-state index < -0.39 is 0 Å². The van der Waals surface area contributed by atoms with Gasteiger partial charge >= 0.3 is 0 Å². The summed E-state index contributed by atoms with van der Waals surface area (Å²) in [5.41, 5.74) is 0.188. The van der Waals surface area contributed by atoms with Crippen molar-refractivity contribution in [3.8, 4) is 0 Å². The zero-order chi connectivity index (χ0) is 10.4. The van der Waals surface area contributed by atoms with E-state index in [4.69, 9.17) is 4.52 Å². The van der Waals surface area contributed by atoms with E-state index in [-0.39, 0.29) is 5.54 Å². The van der Waals surface area contributed by atoms with Crippen molar-refractivity contribution in [1.29, 1.82) is 0 Å². The summed E-state index contributed by atoms with van der Waals surface area (Å²) >= 11 is 0. The van der Waals surface area contributed by atoms with Gasteiger partial charge in [-0.15, -0.1) is 0 Å². The first-order valence-electron chi connectivity index (χ1n) is 4.93. The molecule has 0 saturated carbocycles. The Morgan fingerprint density at radius 1 is 1.36 bits per heavy atom. The van der Waals surface area contributed by atoms with E-state index in [9.17, 15) is 0 Å². The van der Waals surface area contributed by atoms with Crippen molar-refractivity contribution < 1.29 is 4.52 Å². The molecule has 0 aliphatic heterocycles. The maximum Gasteiger partial charge on any atom is 0.150 e. The van der Waals surface area contributed by atoms with Crippen LogP contribution in [0.4, 0.5) is 0 Å². The lowest BCUT2D eigenvalue weighted by atomic mass is 10.1. The highest BCUT2D eigenvalue weighted by Gasteiger charge is 2.06. The Kier molecular flexibility index (Phi) is 4.10. The van der Waals surface area contributed by atoms with E-state index >= 15 is 0 Å². The fourth-order valence-electron chi connectivity index (χ4n) is 1.07. The van der Waals surface area contributed by atoms with E-state index in [1.54, 1.807) is 6.20 Å². The SMILES string of the molecule is CC(C)(C)NCCNCc1ccno1. The van der Waals surface area contributed by atoms with Crippen molar-refractivity contribution in [2.75, 3.05) is 13.1 Å². The minimum absolute atomic E-state index is 0.188. The summed E-state index contributed by atoms with van der Waals surface area (Å²) in [4.78, 5) is 0. The van der Waals surface area contributed by atoms with Gasteiger partial charge < -0.3 is 15.2 Å². The minimum Gasteiger partial charge on any atom is -0.360 e. The summed E-state index contributed by atoms with van der Waals surface area (Å²) in [6.07, 6.45) is 1.66. The Morgan fingerprint density at radius 2 is 2.14 bits per heavy atom. The third-order valence-corrected chi connectivity index (χ3v) is 1.75. The Labute approximate surface area is 85.1 Å². The monoisotopic (exact) mass is 197 g/mol. The third-order valence-electron chi connectivity index (χ3n) is 1.75. The molecule has 1 rings (SSSR count). The molecule has 0 aromatic carbocycles. The van der Waals surface area contributed by atoms with Gasteiger partial charge in [-0.3, -0.25) is 0 Å². The van der Waals surface area contributed by atoms with Gasteiger partial charge in [0.15, 0.2) is 0 Å². The second-order valence-corrected chi connectivity index (χ2v) is 4.33. The fourth-order valence-corrected chi connectivity index (χ4v) is 1.07. The normalized spacial score (nSPS) is 11.9. The van der Waals surface area contributed by atoms with Crippen molar-refractivity contribution in [3.05, 3.63) is 18.0 Å². The number of hydrogen-bond donors (Lipinski definition) is 2.